The molecular weight excluding hydrogens is 411 g/mol. The average molecular weight is 437 g/mol. The third-order valence-corrected chi connectivity index (χ3v) is 6.61. The monoisotopic (exact) mass is 437 g/mol. The molecule has 2 aromatic rings. The number of halogens is 3. The molecule has 0 unspecified atom stereocenters. The third kappa shape index (κ3) is 4.65. The van der Waals surface area contributed by atoms with Gasteiger partial charge in [0.2, 0.25) is 5.88 Å². The second-order valence-electron chi connectivity index (χ2n) is 8.58. The van der Waals surface area contributed by atoms with Gasteiger partial charge in [-0.1, -0.05) is 24.2 Å². The van der Waals surface area contributed by atoms with Crippen molar-refractivity contribution in [3.8, 4) is 5.75 Å². The number of urea groups is 1. The van der Waals surface area contributed by atoms with Crippen LogP contribution in [0.25, 0.3) is 0 Å². The van der Waals surface area contributed by atoms with Gasteiger partial charge in [0.25, 0.3) is 0 Å². The molecule has 6 nitrogen and oxygen atoms in total. The Morgan fingerprint density at radius 2 is 2.03 bits per heavy atom. The van der Waals surface area contributed by atoms with Crippen LogP contribution < -0.4 is 10.1 Å². The van der Waals surface area contributed by atoms with Gasteiger partial charge >= 0.3 is 12.4 Å². The minimum Gasteiger partial charge on any atom is -0.406 e. The highest BCUT2D eigenvalue weighted by molar-refractivity contribution is 5.88. The van der Waals surface area contributed by atoms with Crippen molar-refractivity contribution in [3.05, 3.63) is 41.1 Å². The molecule has 2 aliphatic rings. The number of aryl methyl sites for hydroxylation is 1. The van der Waals surface area contributed by atoms with E-state index in [0.29, 0.717) is 19.0 Å². The Morgan fingerprint density at radius 1 is 1.32 bits per heavy atom. The maximum atomic E-state index is 12.6. The first-order valence-corrected chi connectivity index (χ1v) is 10.5. The summed E-state index contributed by atoms with van der Waals surface area (Å²) in [5.41, 5.74) is 2.71. The van der Waals surface area contributed by atoms with Crippen molar-refractivity contribution < 1.29 is 27.2 Å². The largest absolute Gasteiger partial charge is 0.573 e. The van der Waals surface area contributed by atoms with E-state index >= 15 is 0 Å². The number of likely N-dealkylation sites (tertiary alicyclic amines) is 1. The number of rotatable bonds is 4. The molecule has 1 saturated heterocycles. The maximum absolute atomic E-state index is 12.6. The molecule has 0 radical (unpaired) electrons. The van der Waals surface area contributed by atoms with Gasteiger partial charge in [-0.05, 0) is 68.1 Å². The number of ether oxygens (including phenoxy) is 1. The lowest BCUT2D eigenvalue weighted by Crippen LogP contribution is -2.49. The predicted octanol–water partition coefficient (Wildman–Crippen LogP) is 5.64. The first-order chi connectivity index (χ1) is 14.7. The number of nitrogens with zero attached hydrogens (tertiary/aromatic N) is 2. The van der Waals surface area contributed by atoms with E-state index in [2.05, 4.69) is 15.2 Å². The molecule has 168 valence electrons. The van der Waals surface area contributed by atoms with Crippen LogP contribution in [0.4, 0.5) is 23.8 Å². The number of alkyl halides is 3. The fourth-order valence-electron chi connectivity index (χ4n) is 4.77. The fraction of sp³-hybridized carbons (Fsp3) is 0.545. The molecule has 31 heavy (non-hydrogen) atoms. The Morgan fingerprint density at radius 3 is 2.65 bits per heavy atom. The summed E-state index contributed by atoms with van der Waals surface area (Å²) in [7, 11) is 0. The van der Waals surface area contributed by atoms with Gasteiger partial charge in [-0.15, -0.1) is 13.2 Å². The van der Waals surface area contributed by atoms with E-state index in [1.807, 2.05) is 19.9 Å². The van der Waals surface area contributed by atoms with Gasteiger partial charge in [-0.3, -0.25) is 5.32 Å². The van der Waals surface area contributed by atoms with E-state index in [1.54, 1.807) is 11.0 Å². The standard InChI is InChI=1S/C22H26F3N3O3/c1-3-18-14(2)19(31-27-18)26-20(29)28-9-7-21(8-10-28)12-16(13-21)15-5-4-6-17(11-15)30-22(23,24)25/h4-6,11,16H,3,7-10,12-13H2,1-2H3,(H,26,29). The second kappa shape index (κ2) is 8.09. The smallest absolute Gasteiger partial charge is 0.406 e. The highest BCUT2D eigenvalue weighted by atomic mass is 19.4. The summed E-state index contributed by atoms with van der Waals surface area (Å²) in [5.74, 6) is 0.444. The third-order valence-electron chi connectivity index (χ3n) is 6.61. The predicted molar refractivity (Wildman–Crippen MR) is 108 cm³/mol. The molecule has 1 aliphatic heterocycles. The molecule has 1 aromatic carbocycles. The van der Waals surface area contributed by atoms with E-state index in [9.17, 15) is 18.0 Å². The van der Waals surface area contributed by atoms with Crippen LogP contribution in [0.3, 0.4) is 0 Å². The zero-order chi connectivity index (χ0) is 22.2. The Hall–Kier alpha value is -2.71. The molecule has 1 aromatic heterocycles. The van der Waals surface area contributed by atoms with Gasteiger partial charge in [-0.25, -0.2) is 4.79 Å². The van der Waals surface area contributed by atoms with Crippen molar-refractivity contribution in [3.63, 3.8) is 0 Å². The molecular formula is C22H26F3N3O3. The molecule has 1 saturated carbocycles. The number of piperidine rings is 1. The lowest BCUT2D eigenvalue weighted by atomic mass is 9.56. The Kier molecular flexibility index (Phi) is 5.61. The van der Waals surface area contributed by atoms with Crippen LogP contribution in [-0.4, -0.2) is 35.5 Å². The van der Waals surface area contributed by atoms with E-state index in [0.717, 1.165) is 48.9 Å². The molecule has 2 amide bonds. The fourth-order valence-corrected chi connectivity index (χ4v) is 4.77. The number of amides is 2. The van der Waals surface area contributed by atoms with Crippen LogP contribution in [0.15, 0.2) is 28.8 Å². The summed E-state index contributed by atoms with van der Waals surface area (Å²) in [6.07, 6.45) is -0.354. The first-order valence-electron chi connectivity index (χ1n) is 10.5. The van der Waals surface area contributed by atoms with Crippen molar-refractivity contribution in [2.75, 3.05) is 18.4 Å². The van der Waals surface area contributed by atoms with Crippen LogP contribution >= 0.6 is 0 Å². The summed E-state index contributed by atoms with van der Waals surface area (Å²) < 4.78 is 46.7. The minimum absolute atomic E-state index is 0.153. The molecule has 1 spiro atoms. The Balaban J connectivity index is 1.29. The van der Waals surface area contributed by atoms with Crippen molar-refractivity contribution >= 4 is 11.9 Å². The number of hydrogen-bond acceptors (Lipinski definition) is 4. The van der Waals surface area contributed by atoms with Crippen LogP contribution in [-0.2, 0) is 6.42 Å². The molecule has 2 heterocycles. The molecule has 0 bridgehead atoms. The van der Waals surface area contributed by atoms with Gasteiger partial charge in [-0.2, -0.15) is 0 Å². The quantitative estimate of drug-likeness (QED) is 0.673. The van der Waals surface area contributed by atoms with E-state index in [4.69, 9.17) is 4.52 Å². The molecule has 0 atom stereocenters. The SMILES string of the molecule is CCc1noc(NC(=O)N2CCC3(CC2)CC(c2cccc(OC(F)(F)F)c2)C3)c1C. The van der Waals surface area contributed by atoms with E-state index in [1.165, 1.54) is 12.1 Å². The normalized spacial score (nSPS) is 18.7. The number of hydrogen-bond donors (Lipinski definition) is 1. The zero-order valence-electron chi connectivity index (χ0n) is 17.6. The van der Waals surface area contributed by atoms with E-state index in [-0.39, 0.29) is 23.1 Å². The summed E-state index contributed by atoms with van der Waals surface area (Å²) >= 11 is 0. The van der Waals surface area contributed by atoms with Gasteiger partial charge in [0.1, 0.15) is 5.75 Å². The van der Waals surface area contributed by atoms with E-state index < -0.39 is 6.36 Å². The lowest BCUT2D eigenvalue weighted by Gasteiger charge is -2.52. The van der Waals surface area contributed by atoms with Gasteiger partial charge in [0, 0.05) is 18.7 Å². The number of benzene rings is 1. The lowest BCUT2D eigenvalue weighted by molar-refractivity contribution is -0.274. The summed E-state index contributed by atoms with van der Waals surface area (Å²) in [6.45, 7) is 5.14. The van der Waals surface area contributed by atoms with Crippen molar-refractivity contribution in [1.82, 2.24) is 10.1 Å². The van der Waals surface area contributed by atoms with Gasteiger partial charge < -0.3 is 14.2 Å². The molecule has 1 N–H and O–H groups in total. The molecule has 9 heteroatoms. The first kappa shape index (κ1) is 21.5. The highest BCUT2D eigenvalue weighted by Crippen LogP contribution is 2.57. The molecule has 1 aliphatic carbocycles. The summed E-state index contributed by atoms with van der Waals surface area (Å²) in [5, 5.41) is 6.77. The maximum Gasteiger partial charge on any atom is 0.573 e. The van der Waals surface area contributed by atoms with Crippen LogP contribution in [0.5, 0.6) is 5.75 Å². The van der Waals surface area contributed by atoms with Gasteiger partial charge in [0.05, 0.1) is 5.69 Å². The summed E-state index contributed by atoms with van der Waals surface area (Å²) in [4.78, 5) is 14.4. The second-order valence-corrected chi connectivity index (χ2v) is 8.58. The summed E-state index contributed by atoms with van der Waals surface area (Å²) in [6, 6.07) is 6.07. The zero-order valence-corrected chi connectivity index (χ0v) is 17.6. The van der Waals surface area contributed by atoms with Crippen molar-refractivity contribution in [2.24, 2.45) is 5.41 Å². The van der Waals surface area contributed by atoms with Crippen molar-refractivity contribution in [2.45, 2.75) is 58.2 Å². The van der Waals surface area contributed by atoms with Crippen LogP contribution in [0, 0.1) is 12.3 Å². The number of carbonyl (C=O) groups is 1. The van der Waals surface area contributed by atoms with Crippen molar-refractivity contribution in [1.29, 1.82) is 0 Å². The number of nitrogens with one attached hydrogen (secondary N) is 1. The Bertz CT molecular complexity index is 941. The number of carbonyl (C=O) groups excluding carboxylic acids is 1. The van der Waals surface area contributed by atoms with Gasteiger partial charge in [0.15, 0.2) is 0 Å². The average Bonchev–Trinajstić information content (AvgIpc) is 3.04. The molecule has 2 fully saturated rings. The number of anilines is 1. The van der Waals surface area contributed by atoms with Crippen LogP contribution in [0.2, 0.25) is 0 Å². The highest BCUT2D eigenvalue weighted by Gasteiger charge is 2.47. The van der Waals surface area contributed by atoms with Crippen LogP contribution in [0.1, 0.15) is 55.3 Å². The molecule has 4 rings (SSSR count). The Labute approximate surface area is 178 Å². The minimum atomic E-state index is -4.69. The topological polar surface area (TPSA) is 67.6 Å². The number of aromatic nitrogens is 1.